The van der Waals surface area contributed by atoms with Crippen molar-refractivity contribution in [3.8, 4) is 0 Å². The Kier molecular flexibility index (Phi) is 3.38. The monoisotopic (exact) mass is 312 g/mol. The van der Waals surface area contributed by atoms with E-state index in [0.29, 0.717) is 5.69 Å². The molecular weight excluding hydrogens is 306 g/mol. The lowest BCUT2D eigenvalue weighted by atomic mass is 10.1. The van der Waals surface area contributed by atoms with Crippen LogP contribution in [0.5, 0.6) is 0 Å². The molecule has 3 nitrogen and oxygen atoms in total. The van der Waals surface area contributed by atoms with Crippen molar-refractivity contribution >= 4 is 27.4 Å². The molecule has 1 heterocycles. The van der Waals surface area contributed by atoms with Crippen molar-refractivity contribution in [1.29, 1.82) is 0 Å². The van der Waals surface area contributed by atoms with Crippen LogP contribution in [-0.2, 0) is 0 Å². The van der Waals surface area contributed by atoms with Gasteiger partial charge in [0.15, 0.2) is 5.82 Å². The number of carbonyl (C=O) groups is 1. The normalized spacial score (nSPS) is 10.4. The van der Waals surface area contributed by atoms with E-state index >= 15 is 0 Å². The summed E-state index contributed by atoms with van der Waals surface area (Å²) < 4.78 is 27.2. The summed E-state index contributed by atoms with van der Waals surface area (Å²) in [7, 11) is 0. The van der Waals surface area contributed by atoms with Crippen LogP contribution in [0.2, 0.25) is 0 Å². The summed E-state index contributed by atoms with van der Waals surface area (Å²) in [5.74, 6) is -2.70. The number of hydrogen-bond donors (Lipinski definition) is 1. The summed E-state index contributed by atoms with van der Waals surface area (Å²) in [4.78, 5) is 15.7. The summed E-state index contributed by atoms with van der Waals surface area (Å²) in [6, 6.07) is 4.96. The Morgan fingerprint density at radius 3 is 2.56 bits per heavy atom. The molecule has 2 aromatic rings. The number of halogens is 3. The molecule has 0 aliphatic carbocycles. The van der Waals surface area contributed by atoms with Crippen LogP contribution in [0, 0.1) is 11.6 Å². The SMILES string of the molecule is Nc1ccc(C(=O)c2c(F)ccc(Br)c2F)nc1. The first-order valence-corrected chi connectivity index (χ1v) is 5.69. The lowest BCUT2D eigenvalue weighted by Crippen LogP contribution is -2.10. The number of hydrogen-bond acceptors (Lipinski definition) is 3. The van der Waals surface area contributed by atoms with Crippen molar-refractivity contribution in [3.05, 3.63) is 57.8 Å². The topological polar surface area (TPSA) is 56.0 Å². The molecule has 0 spiro atoms. The highest BCUT2D eigenvalue weighted by Crippen LogP contribution is 2.23. The fourth-order valence-electron chi connectivity index (χ4n) is 1.40. The highest BCUT2D eigenvalue weighted by atomic mass is 79.9. The van der Waals surface area contributed by atoms with Gasteiger partial charge in [-0.25, -0.2) is 8.78 Å². The van der Waals surface area contributed by atoms with Crippen molar-refractivity contribution in [3.63, 3.8) is 0 Å². The minimum Gasteiger partial charge on any atom is -0.397 e. The molecule has 0 saturated carbocycles. The fraction of sp³-hybridized carbons (Fsp3) is 0. The molecule has 0 radical (unpaired) electrons. The molecular formula is C12H7BrF2N2O. The summed E-state index contributed by atoms with van der Waals surface area (Å²) >= 11 is 2.90. The number of aromatic nitrogens is 1. The average molecular weight is 313 g/mol. The molecule has 1 aromatic heterocycles. The van der Waals surface area contributed by atoms with Crippen molar-refractivity contribution < 1.29 is 13.6 Å². The van der Waals surface area contributed by atoms with Crippen LogP contribution in [0.25, 0.3) is 0 Å². The minimum atomic E-state index is -0.946. The zero-order valence-electron chi connectivity index (χ0n) is 8.95. The lowest BCUT2D eigenvalue weighted by molar-refractivity contribution is 0.102. The van der Waals surface area contributed by atoms with E-state index in [1.165, 1.54) is 24.4 Å². The van der Waals surface area contributed by atoms with Gasteiger partial charge in [0.05, 0.1) is 21.9 Å². The molecule has 0 unspecified atom stereocenters. The van der Waals surface area contributed by atoms with Crippen LogP contribution in [0.1, 0.15) is 16.1 Å². The zero-order chi connectivity index (χ0) is 13.3. The second kappa shape index (κ2) is 4.81. The summed E-state index contributed by atoms with van der Waals surface area (Å²) in [5.41, 5.74) is 5.08. The number of benzene rings is 1. The molecule has 0 bridgehead atoms. The Bertz CT molecular complexity index is 614. The third-order valence-corrected chi connectivity index (χ3v) is 2.90. The third-order valence-electron chi connectivity index (χ3n) is 2.29. The van der Waals surface area contributed by atoms with Gasteiger partial charge >= 0.3 is 0 Å². The van der Waals surface area contributed by atoms with Crippen LogP contribution in [0.4, 0.5) is 14.5 Å². The van der Waals surface area contributed by atoms with Gasteiger partial charge in [-0.3, -0.25) is 9.78 Å². The van der Waals surface area contributed by atoms with Crippen molar-refractivity contribution in [2.24, 2.45) is 0 Å². The maximum absolute atomic E-state index is 13.7. The van der Waals surface area contributed by atoms with Crippen LogP contribution in [-0.4, -0.2) is 10.8 Å². The molecule has 1 aromatic carbocycles. The average Bonchev–Trinajstić information content (AvgIpc) is 2.35. The van der Waals surface area contributed by atoms with E-state index in [-0.39, 0.29) is 10.2 Å². The number of nitrogens with zero attached hydrogens (tertiary/aromatic N) is 1. The molecule has 0 aliphatic rings. The van der Waals surface area contributed by atoms with Crippen LogP contribution >= 0.6 is 15.9 Å². The molecule has 0 fully saturated rings. The number of ketones is 1. The highest BCUT2D eigenvalue weighted by Gasteiger charge is 2.21. The minimum absolute atomic E-state index is 0.0164. The summed E-state index contributed by atoms with van der Waals surface area (Å²) in [6.07, 6.45) is 1.25. The van der Waals surface area contributed by atoms with Gasteiger partial charge in [-0.2, -0.15) is 0 Å². The van der Waals surface area contributed by atoms with Crippen molar-refractivity contribution in [2.75, 3.05) is 5.73 Å². The first-order valence-electron chi connectivity index (χ1n) is 4.90. The van der Waals surface area contributed by atoms with Gasteiger partial charge in [0, 0.05) is 0 Å². The maximum atomic E-state index is 13.7. The molecule has 6 heteroatoms. The molecule has 18 heavy (non-hydrogen) atoms. The quantitative estimate of drug-likeness (QED) is 0.685. The first kappa shape index (κ1) is 12.6. The van der Waals surface area contributed by atoms with Gasteiger partial charge in [-0.05, 0) is 40.2 Å². The molecule has 0 atom stereocenters. The third kappa shape index (κ3) is 2.24. The van der Waals surface area contributed by atoms with Crippen LogP contribution in [0.3, 0.4) is 0 Å². The number of nitrogens with two attached hydrogens (primary N) is 1. The van der Waals surface area contributed by atoms with Crippen molar-refractivity contribution in [2.45, 2.75) is 0 Å². The second-order valence-electron chi connectivity index (χ2n) is 3.52. The van der Waals surface area contributed by atoms with Gasteiger partial charge < -0.3 is 5.73 Å². The number of carbonyl (C=O) groups excluding carboxylic acids is 1. The Labute approximate surface area is 110 Å². The second-order valence-corrected chi connectivity index (χ2v) is 4.38. The Balaban J connectivity index is 2.52. The van der Waals surface area contributed by atoms with Gasteiger partial charge in [-0.1, -0.05) is 0 Å². The van der Waals surface area contributed by atoms with E-state index < -0.39 is 23.0 Å². The van der Waals surface area contributed by atoms with Gasteiger partial charge in [-0.15, -0.1) is 0 Å². The Hall–Kier alpha value is -1.82. The standard InChI is InChI=1S/C12H7BrF2N2O/c13-7-2-3-8(14)10(11(7)15)12(18)9-4-1-6(16)5-17-9/h1-5H,16H2. The van der Waals surface area contributed by atoms with E-state index in [1.807, 2.05) is 0 Å². The Morgan fingerprint density at radius 1 is 1.22 bits per heavy atom. The first-order chi connectivity index (χ1) is 8.50. The van der Waals surface area contributed by atoms with Crippen molar-refractivity contribution in [1.82, 2.24) is 4.98 Å². The molecule has 0 saturated heterocycles. The van der Waals surface area contributed by atoms with Gasteiger partial charge in [0.2, 0.25) is 5.78 Å². The fourth-order valence-corrected chi connectivity index (χ4v) is 1.73. The Morgan fingerprint density at radius 2 is 1.94 bits per heavy atom. The zero-order valence-corrected chi connectivity index (χ0v) is 10.5. The van der Waals surface area contributed by atoms with Crippen LogP contribution in [0.15, 0.2) is 34.9 Å². The molecule has 2 rings (SSSR count). The number of nitrogen functional groups attached to an aromatic ring is 1. The smallest absolute Gasteiger partial charge is 0.217 e. The van der Waals surface area contributed by atoms with E-state index in [9.17, 15) is 13.6 Å². The summed E-state index contributed by atoms with van der Waals surface area (Å²) in [5, 5.41) is 0. The van der Waals surface area contributed by atoms with E-state index in [1.54, 1.807) is 0 Å². The van der Waals surface area contributed by atoms with E-state index in [4.69, 9.17) is 5.73 Å². The number of pyridine rings is 1. The highest BCUT2D eigenvalue weighted by molar-refractivity contribution is 9.10. The van der Waals surface area contributed by atoms with E-state index in [2.05, 4.69) is 20.9 Å². The van der Waals surface area contributed by atoms with Crippen LogP contribution < -0.4 is 5.73 Å². The lowest BCUT2D eigenvalue weighted by Gasteiger charge is -2.05. The van der Waals surface area contributed by atoms with E-state index in [0.717, 1.165) is 6.07 Å². The van der Waals surface area contributed by atoms with Gasteiger partial charge in [0.25, 0.3) is 0 Å². The molecule has 92 valence electrons. The largest absolute Gasteiger partial charge is 0.397 e. The predicted octanol–water partition coefficient (Wildman–Crippen LogP) is 2.94. The van der Waals surface area contributed by atoms with Gasteiger partial charge in [0.1, 0.15) is 11.5 Å². The summed E-state index contributed by atoms with van der Waals surface area (Å²) in [6.45, 7) is 0. The number of rotatable bonds is 2. The number of anilines is 1. The molecule has 0 amide bonds. The maximum Gasteiger partial charge on any atom is 0.217 e. The molecule has 2 N–H and O–H groups in total. The predicted molar refractivity (Wildman–Crippen MR) is 66.1 cm³/mol. The molecule has 0 aliphatic heterocycles.